The Labute approximate surface area is 124 Å². The number of rotatable bonds is 4. The van der Waals surface area contributed by atoms with Crippen LogP contribution in [0.4, 0.5) is 0 Å². The first-order valence-electron chi connectivity index (χ1n) is 7.23. The summed E-state index contributed by atoms with van der Waals surface area (Å²) in [5.74, 6) is 0.112. The van der Waals surface area contributed by atoms with Crippen molar-refractivity contribution < 1.29 is 14.6 Å². The molecule has 2 rings (SSSR count). The summed E-state index contributed by atoms with van der Waals surface area (Å²) in [6.07, 6.45) is 5.33. The van der Waals surface area contributed by atoms with Gasteiger partial charge in [-0.05, 0) is 30.9 Å². The molecule has 21 heavy (non-hydrogen) atoms. The number of nitriles is 1. The molecule has 0 aliphatic heterocycles. The highest BCUT2D eigenvalue weighted by molar-refractivity contribution is 5.97. The fourth-order valence-electron chi connectivity index (χ4n) is 2.77. The number of nitrogens with zero attached hydrogens (tertiary/aromatic N) is 1. The maximum Gasteiger partial charge on any atom is 0.256 e. The maximum atomic E-state index is 12.2. The number of ether oxygens (including phenoxy) is 1. The molecule has 1 amide bonds. The molecule has 5 nitrogen and oxygen atoms in total. The van der Waals surface area contributed by atoms with Crippen LogP contribution in [-0.2, 0) is 0 Å². The number of hydrogen-bond acceptors (Lipinski definition) is 4. The summed E-state index contributed by atoms with van der Waals surface area (Å²) in [4.78, 5) is 12.2. The third kappa shape index (κ3) is 3.66. The number of methoxy groups -OCH3 is 1. The van der Waals surface area contributed by atoms with Crippen LogP contribution in [0.15, 0.2) is 18.2 Å². The highest BCUT2D eigenvalue weighted by Gasteiger charge is 2.26. The van der Waals surface area contributed by atoms with Gasteiger partial charge in [0, 0.05) is 6.07 Å². The van der Waals surface area contributed by atoms with Gasteiger partial charge in [-0.2, -0.15) is 5.26 Å². The normalized spacial score (nSPS) is 16.8. The van der Waals surface area contributed by atoms with Crippen LogP contribution in [-0.4, -0.2) is 24.2 Å². The molecule has 1 aliphatic rings. The van der Waals surface area contributed by atoms with Crippen molar-refractivity contribution in [1.82, 2.24) is 5.32 Å². The van der Waals surface area contributed by atoms with Gasteiger partial charge >= 0.3 is 0 Å². The molecular weight excluding hydrogens is 268 g/mol. The van der Waals surface area contributed by atoms with E-state index >= 15 is 0 Å². The Morgan fingerprint density at radius 1 is 1.43 bits per heavy atom. The van der Waals surface area contributed by atoms with Crippen LogP contribution in [0.1, 0.15) is 42.5 Å². The van der Waals surface area contributed by atoms with Crippen molar-refractivity contribution in [2.75, 3.05) is 7.11 Å². The molecule has 1 unspecified atom stereocenters. The molecule has 0 saturated heterocycles. The largest absolute Gasteiger partial charge is 0.507 e. The van der Waals surface area contributed by atoms with Crippen LogP contribution in [0.3, 0.4) is 0 Å². The van der Waals surface area contributed by atoms with Crippen molar-refractivity contribution in [3.63, 3.8) is 0 Å². The number of amides is 1. The standard InChI is InChI=1S/C16H20N2O3/c1-21-12-7-8-13(15(19)9-12)16(20)18-14(10-17)11-5-3-2-4-6-11/h7-9,11,14,19H,2-6H2,1H3,(H,18,20). The van der Waals surface area contributed by atoms with E-state index in [-0.39, 0.29) is 17.2 Å². The van der Waals surface area contributed by atoms with Gasteiger partial charge < -0.3 is 15.2 Å². The summed E-state index contributed by atoms with van der Waals surface area (Å²) in [7, 11) is 1.49. The van der Waals surface area contributed by atoms with Crippen LogP contribution in [0.2, 0.25) is 0 Å². The van der Waals surface area contributed by atoms with E-state index in [1.807, 2.05) is 0 Å². The minimum Gasteiger partial charge on any atom is -0.507 e. The maximum absolute atomic E-state index is 12.2. The van der Waals surface area contributed by atoms with E-state index in [0.717, 1.165) is 25.7 Å². The molecule has 5 heteroatoms. The minimum absolute atomic E-state index is 0.146. The molecule has 0 aromatic heterocycles. The second-order valence-electron chi connectivity index (χ2n) is 5.36. The number of carbonyl (C=O) groups excluding carboxylic acids is 1. The number of phenols is 1. The van der Waals surface area contributed by atoms with E-state index in [1.54, 1.807) is 6.07 Å². The topological polar surface area (TPSA) is 82.3 Å². The van der Waals surface area contributed by atoms with Gasteiger partial charge in [0.15, 0.2) is 0 Å². The van der Waals surface area contributed by atoms with Gasteiger partial charge in [-0.1, -0.05) is 19.3 Å². The summed E-state index contributed by atoms with van der Waals surface area (Å²) in [5.41, 5.74) is 0.159. The molecule has 0 bridgehead atoms. The minimum atomic E-state index is -0.501. The zero-order chi connectivity index (χ0) is 15.2. The highest BCUT2D eigenvalue weighted by atomic mass is 16.5. The average molecular weight is 288 g/mol. The summed E-state index contributed by atoms with van der Waals surface area (Å²) in [6.45, 7) is 0. The summed E-state index contributed by atoms with van der Waals surface area (Å²) in [6, 6.07) is 6.17. The lowest BCUT2D eigenvalue weighted by Gasteiger charge is -2.26. The molecule has 1 atom stereocenters. The Morgan fingerprint density at radius 3 is 2.71 bits per heavy atom. The number of nitrogens with one attached hydrogen (secondary N) is 1. The van der Waals surface area contributed by atoms with E-state index < -0.39 is 11.9 Å². The molecule has 1 aromatic rings. The van der Waals surface area contributed by atoms with Crippen LogP contribution in [0, 0.1) is 17.2 Å². The Hall–Kier alpha value is -2.22. The SMILES string of the molecule is COc1ccc(C(=O)NC(C#N)C2CCCCC2)c(O)c1. The molecular formula is C16H20N2O3. The van der Waals surface area contributed by atoms with Crippen molar-refractivity contribution in [3.8, 4) is 17.6 Å². The quantitative estimate of drug-likeness (QED) is 0.892. The zero-order valence-corrected chi connectivity index (χ0v) is 12.1. The van der Waals surface area contributed by atoms with Crippen LogP contribution < -0.4 is 10.1 Å². The van der Waals surface area contributed by atoms with Crippen LogP contribution in [0.5, 0.6) is 11.5 Å². The number of benzene rings is 1. The molecule has 1 saturated carbocycles. The smallest absolute Gasteiger partial charge is 0.256 e. The molecule has 2 N–H and O–H groups in total. The lowest BCUT2D eigenvalue weighted by molar-refractivity contribution is 0.0926. The van der Waals surface area contributed by atoms with E-state index in [4.69, 9.17) is 4.74 Å². The second kappa shape index (κ2) is 6.98. The number of carbonyl (C=O) groups is 1. The Morgan fingerprint density at radius 2 is 2.14 bits per heavy atom. The van der Waals surface area contributed by atoms with Crippen LogP contribution >= 0.6 is 0 Å². The Bertz CT molecular complexity index is 545. The molecule has 1 fully saturated rings. The predicted octanol–water partition coefficient (Wildman–Crippen LogP) is 2.60. The summed E-state index contributed by atoms with van der Waals surface area (Å²) in [5, 5.41) is 21.9. The summed E-state index contributed by atoms with van der Waals surface area (Å²) >= 11 is 0. The molecule has 0 radical (unpaired) electrons. The lowest BCUT2D eigenvalue weighted by atomic mass is 9.84. The van der Waals surface area contributed by atoms with Gasteiger partial charge in [0.25, 0.3) is 5.91 Å². The van der Waals surface area contributed by atoms with Gasteiger partial charge in [0.05, 0.1) is 18.7 Å². The van der Waals surface area contributed by atoms with Crippen LogP contribution in [0.25, 0.3) is 0 Å². The fraction of sp³-hybridized carbons (Fsp3) is 0.500. The predicted molar refractivity (Wildman–Crippen MR) is 78.1 cm³/mol. The third-order valence-corrected chi connectivity index (χ3v) is 4.00. The molecule has 112 valence electrons. The first-order chi connectivity index (χ1) is 10.2. The van der Waals surface area contributed by atoms with Crippen molar-refractivity contribution in [3.05, 3.63) is 23.8 Å². The molecule has 0 spiro atoms. The monoisotopic (exact) mass is 288 g/mol. The first-order valence-corrected chi connectivity index (χ1v) is 7.23. The van der Waals surface area contributed by atoms with E-state index in [2.05, 4.69) is 11.4 Å². The van der Waals surface area contributed by atoms with E-state index in [9.17, 15) is 15.2 Å². The van der Waals surface area contributed by atoms with Gasteiger partial charge in [0.1, 0.15) is 17.5 Å². The van der Waals surface area contributed by atoms with Crippen molar-refractivity contribution >= 4 is 5.91 Å². The Balaban J connectivity index is 2.07. The van der Waals surface area contributed by atoms with E-state index in [0.29, 0.717) is 5.75 Å². The second-order valence-corrected chi connectivity index (χ2v) is 5.36. The fourth-order valence-corrected chi connectivity index (χ4v) is 2.77. The molecule has 0 heterocycles. The Kier molecular flexibility index (Phi) is 5.04. The van der Waals surface area contributed by atoms with Crippen molar-refractivity contribution in [2.24, 2.45) is 5.92 Å². The lowest BCUT2D eigenvalue weighted by Crippen LogP contribution is -2.40. The number of aromatic hydroxyl groups is 1. The van der Waals surface area contributed by atoms with Gasteiger partial charge in [0.2, 0.25) is 0 Å². The highest BCUT2D eigenvalue weighted by Crippen LogP contribution is 2.27. The molecule has 1 aliphatic carbocycles. The molecule has 1 aromatic carbocycles. The van der Waals surface area contributed by atoms with Gasteiger partial charge in [-0.3, -0.25) is 4.79 Å². The van der Waals surface area contributed by atoms with Gasteiger partial charge in [-0.15, -0.1) is 0 Å². The average Bonchev–Trinajstić information content (AvgIpc) is 2.53. The first kappa shape index (κ1) is 15.2. The van der Waals surface area contributed by atoms with E-state index in [1.165, 1.54) is 25.7 Å². The zero-order valence-electron chi connectivity index (χ0n) is 12.1. The van der Waals surface area contributed by atoms with Crippen molar-refractivity contribution in [2.45, 2.75) is 38.1 Å². The third-order valence-electron chi connectivity index (χ3n) is 4.00. The summed E-state index contributed by atoms with van der Waals surface area (Å²) < 4.78 is 4.98. The number of phenolic OH excluding ortho intramolecular Hbond substituents is 1. The van der Waals surface area contributed by atoms with Gasteiger partial charge in [-0.25, -0.2) is 0 Å². The van der Waals surface area contributed by atoms with Crippen molar-refractivity contribution in [1.29, 1.82) is 5.26 Å². The number of hydrogen-bond donors (Lipinski definition) is 2.